The first kappa shape index (κ1) is 10.5. The fraction of sp³-hybridized carbons (Fsp3) is 0. The van der Waals surface area contributed by atoms with Gasteiger partial charge in [-0.25, -0.2) is 12.1 Å². The van der Waals surface area contributed by atoms with Gasteiger partial charge in [-0.1, -0.05) is 0 Å². The van der Waals surface area contributed by atoms with Crippen LogP contribution in [0.1, 0.15) is 0 Å². The van der Waals surface area contributed by atoms with Gasteiger partial charge in [-0.3, -0.25) is 0 Å². The molecule has 2 heterocycles. The van der Waals surface area contributed by atoms with E-state index in [1.165, 1.54) is 0 Å². The van der Waals surface area contributed by atoms with Crippen LogP contribution in [0, 0.1) is 12.1 Å². The maximum absolute atomic E-state index is 4.10. The minimum Gasteiger partial charge on any atom is -0.357 e. The molecule has 2 rings (SSSR count). The van der Waals surface area contributed by atoms with Gasteiger partial charge in [0.1, 0.15) is 0 Å². The molecule has 3 heteroatoms. The van der Waals surface area contributed by atoms with Crippen LogP contribution < -0.4 is 0 Å². The average molecular weight is 243 g/mol. The van der Waals surface area contributed by atoms with Crippen LogP contribution in [0.2, 0.25) is 0 Å². The molecule has 0 bridgehead atoms. The molecule has 61 valence electrons. The number of nitrogens with zero attached hydrogens (tertiary/aromatic N) is 2. The van der Waals surface area contributed by atoms with E-state index in [1.54, 1.807) is 12.4 Å². The van der Waals surface area contributed by atoms with Crippen LogP contribution in [0.15, 0.2) is 36.7 Å². The molecule has 1 radical (unpaired) electrons. The van der Waals surface area contributed by atoms with Crippen molar-refractivity contribution < 1.29 is 32.7 Å². The van der Waals surface area contributed by atoms with Gasteiger partial charge in [0, 0.05) is 32.7 Å². The molecule has 0 unspecified atom stereocenters. The monoisotopic (exact) mass is 243 g/mol. The molecule has 0 fully saturated rings. The molecule has 2 nitrogen and oxygen atoms in total. The van der Waals surface area contributed by atoms with Gasteiger partial charge < -0.3 is 9.97 Å². The van der Waals surface area contributed by atoms with Crippen LogP contribution in [0.4, 0.5) is 0 Å². The normalized spacial score (nSPS) is 8.92. The third-order valence-corrected chi connectivity index (χ3v) is 1.44. The molecular formula is C10H6N2Y-2. The van der Waals surface area contributed by atoms with Gasteiger partial charge in [-0.15, -0.1) is 23.5 Å². The molecule has 0 aliphatic carbocycles. The minimum atomic E-state index is 0. The molecule has 0 aliphatic rings. The smallest absolute Gasteiger partial charge is 0 e. The quantitative estimate of drug-likeness (QED) is 0.713. The van der Waals surface area contributed by atoms with Gasteiger partial charge in [0.25, 0.3) is 0 Å². The Balaban J connectivity index is 0.000000845. The fourth-order valence-electron chi connectivity index (χ4n) is 0.909. The molecule has 13 heavy (non-hydrogen) atoms. The summed E-state index contributed by atoms with van der Waals surface area (Å²) in [6.45, 7) is 0. The summed E-state index contributed by atoms with van der Waals surface area (Å²) >= 11 is 0. The van der Waals surface area contributed by atoms with Crippen LogP contribution in [-0.2, 0) is 32.7 Å². The van der Waals surface area contributed by atoms with Crippen LogP contribution >= 0.6 is 0 Å². The second-order valence-corrected chi connectivity index (χ2v) is 2.26. The predicted molar refractivity (Wildman–Crippen MR) is 45.1 cm³/mol. The summed E-state index contributed by atoms with van der Waals surface area (Å²) in [6, 6.07) is 13.2. The summed E-state index contributed by atoms with van der Waals surface area (Å²) in [5.41, 5.74) is 1.47. The zero-order chi connectivity index (χ0) is 8.23. The second-order valence-electron chi connectivity index (χ2n) is 2.26. The van der Waals surface area contributed by atoms with E-state index in [9.17, 15) is 0 Å². The Morgan fingerprint density at radius 3 is 1.62 bits per heavy atom. The van der Waals surface area contributed by atoms with Gasteiger partial charge in [-0.2, -0.15) is 12.1 Å². The van der Waals surface area contributed by atoms with Crippen molar-refractivity contribution >= 4 is 0 Å². The Hall–Kier alpha value is -0.596. The third kappa shape index (κ3) is 2.68. The summed E-state index contributed by atoms with van der Waals surface area (Å²) in [5.74, 6) is 0. The Kier molecular flexibility index (Phi) is 4.20. The molecule has 0 aromatic carbocycles. The number of hydrogen-bond acceptors (Lipinski definition) is 2. The van der Waals surface area contributed by atoms with E-state index in [0.717, 1.165) is 11.4 Å². The van der Waals surface area contributed by atoms with E-state index in [4.69, 9.17) is 0 Å². The van der Waals surface area contributed by atoms with Gasteiger partial charge in [0.15, 0.2) is 0 Å². The molecule has 0 atom stereocenters. The van der Waals surface area contributed by atoms with Crippen LogP contribution in [-0.4, -0.2) is 9.97 Å². The Morgan fingerprint density at radius 2 is 1.31 bits per heavy atom. The van der Waals surface area contributed by atoms with Crippen LogP contribution in [0.25, 0.3) is 11.4 Å². The Bertz CT molecular complexity index is 310. The molecule has 2 aromatic heterocycles. The molecule has 0 aliphatic heterocycles. The largest absolute Gasteiger partial charge is 0.357 e. The van der Waals surface area contributed by atoms with Gasteiger partial charge in [-0.05, 0) is 12.4 Å². The van der Waals surface area contributed by atoms with E-state index >= 15 is 0 Å². The Morgan fingerprint density at radius 1 is 0.846 bits per heavy atom. The van der Waals surface area contributed by atoms with E-state index in [-0.39, 0.29) is 32.7 Å². The van der Waals surface area contributed by atoms with E-state index < -0.39 is 0 Å². The number of aromatic nitrogens is 2. The van der Waals surface area contributed by atoms with Crippen LogP contribution in [0.5, 0.6) is 0 Å². The van der Waals surface area contributed by atoms with E-state index in [2.05, 4.69) is 22.1 Å². The number of hydrogen-bond donors (Lipinski definition) is 0. The van der Waals surface area contributed by atoms with E-state index in [0.29, 0.717) is 0 Å². The van der Waals surface area contributed by atoms with E-state index in [1.807, 2.05) is 24.3 Å². The van der Waals surface area contributed by atoms with Crippen molar-refractivity contribution in [1.82, 2.24) is 9.97 Å². The average Bonchev–Trinajstić information content (AvgIpc) is 2.21. The van der Waals surface area contributed by atoms with Gasteiger partial charge >= 0.3 is 0 Å². The zero-order valence-electron chi connectivity index (χ0n) is 6.94. The van der Waals surface area contributed by atoms with Crippen molar-refractivity contribution in [3.63, 3.8) is 0 Å². The standard InChI is InChI=1S/C10H6N2.Y/c1-3-7-11-9(5-1)10-6-2-4-8-12-10;/h1-4,7-8H;/q-2;. The summed E-state index contributed by atoms with van der Waals surface area (Å²) in [7, 11) is 0. The van der Waals surface area contributed by atoms with Gasteiger partial charge in [0.2, 0.25) is 0 Å². The Labute approximate surface area is 102 Å². The fourth-order valence-corrected chi connectivity index (χ4v) is 0.909. The van der Waals surface area contributed by atoms with Crippen molar-refractivity contribution in [2.24, 2.45) is 0 Å². The second kappa shape index (κ2) is 5.20. The topological polar surface area (TPSA) is 25.8 Å². The third-order valence-electron chi connectivity index (χ3n) is 1.44. The molecular weight excluding hydrogens is 237 g/mol. The SMILES string of the molecule is [Y].[c-]1cccnc1-c1[c-]cccn1. The van der Waals surface area contributed by atoms with Gasteiger partial charge in [0.05, 0.1) is 0 Å². The number of rotatable bonds is 1. The maximum atomic E-state index is 4.10. The zero-order valence-corrected chi connectivity index (χ0v) is 9.77. The van der Waals surface area contributed by atoms with Crippen molar-refractivity contribution in [1.29, 1.82) is 0 Å². The predicted octanol–water partition coefficient (Wildman–Crippen LogP) is 1.74. The summed E-state index contributed by atoms with van der Waals surface area (Å²) in [4.78, 5) is 8.20. The van der Waals surface area contributed by atoms with Crippen molar-refractivity contribution in [3.8, 4) is 11.4 Å². The first-order valence-corrected chi connectivity index (χ1v) is 3.62. The maximum Gasteiger partial charge on any atom is 0 e. The first-order valence-electron chi connectivity index (χ1n) is 3.62. The molecule has 0 amide bonds. The minimum absolute atomic E-state index is 0. The number of pyridine rings is 2. The van der Waals surface area contributed by atoms with Crippen LogP contribution in [0.3, 0.4) is 0 Å². The van der Waals surface area contributed by atoms with Crippen molar-refractivity contribution in [2.45, 2.75) is 0 Å². The summed E-state index contributed by atoms with van der Waals surface area (Å²) in [5, 5.41) is 0. The molecule has 0 saturated carbocycles. The first-order chi connectivity index (χ1) is 5.97. The van der Waals surface area contributed by atoms with Crippen molar-refractivity contribution in [2.75, 3.05) is 0 Å². The molecule has 2 aromatic rings. The molecule has 0 saturated heterocycles. The molecule has 0 N–H and O–H groups in total. The van der Waals surface area contributed by atoms with Crippen molar-refractivity contribution in [3.05, 3.63) is 48.8 Å². The molecule has 0 spiro atoms. The summed E-state index contributed by atoms with van der Waals surface area (Å²) in [6.07, 6.45) is 3.43. The summed E-state index contributed by atoms with van der Waals surface area (Å²) < 4.78 is 0.